The van der Waals surface area contributed by atoms with Crippen LogP contribution in [0.2, 0.25) is 0 Å². The van der Waals surface area contributed by atoms with Crippen molar-refractivity contribution in [1.82, 2.24) is 0 Å². The molecule has 4 fully saturated rings. The fourth-order valence-electron chi connectivity index (χ4n) is 8.36. The first kappa shape index (κ1) is 27.5. The molecule has 0 saturated heterocycles. The summed E-state index contributed by atoms with van der Waals surface area (Å²) < 4.78 is 0. The number of rotatable bonds is 8. The van der Waals surface area contributed by atoms with E-state index in [4.69, 9.17) is 15.1 Å². The van der Waals surface area contributed by atoms with Crippen molar-refractivity contribution in [1.29, 1.82) is 0 Å². The smallest absolute Gasteiger partial charge is 0.0161 e. The topological polar surface area (TPSA) is 0 Å². The van der Waals surface area contributed by atoms with E-state index in [2.05, 4.69) is 36.6 Å². The van der Waals surface area contributed by atoms with Gasteiger partial charge < -0.3 is 15.1 Å². The maximum absolute atomic E-state index is 7.72. The van der Waals surface area contributed by atoms with Crippen molar-refractivity contribution in [2.24, 2.45) is 0 Å². The van der Waals surface area contributed by atoms with Gasteiger partial charge in [0, 0.05) is 22.6 Å². The van der Waals surface area contributed by atoms with Crippen LogP contribution in [0.1, 0.15) is 140 Å². The van der Waals surface area contributed by atoms with E-state index in [9.17, 15) is 0 Å². The van der Waals surface area contributed by atoms with Gasteiger partial charge in [-0.15, -0.1) is 24.5 Å². The Bertz CT molecular complexity index is 699. The van der Waals surface area contributed by atoms with Crippen LogP contribution in [0.3, 0.4) is 0 Å². The molecule has 0 aromatic heterocycles. The van der Waals surface area contributed by atoms with Gasteiger partial charge >= 0.3 is 0 Å². The Morgan fingerprint density at radius 3 is 0.944 bits per heavy atom. The molecule has 0 N–H and O–H groups in total. The molecule has 6 radical (unpaired) electrons. The molecule has 0 nitrogen and oxygen atoms in total. The van der Waals surface area contributed by atoms with Gasteiger partial charge in [-0.1, -0.05) is 25.7 Å². The van der Waals surface area contributed by atoms with E-state index in [1.807, 2.05) is 0 Å². The molecule has 4 heteroatoms. The van der Waals surface area contributed by atoms with Crippen molar-refractivity contribution in [3.63, 3.8) is 0 Å². The van der Waals surface area contributed by atoms with Crippen LogP contribution in [0.25, 0.3) is 0 Å². The molecule has 0 amide bonds. The Labute approximate surface area is 227 Å². The van der Waals surface area contributed by atoms with Gasteiger partial charge in [-0.2, -0.15) is 0 Å². The minimum absolute atomic E-state index is 0.747. The molecule has 196 valence electrons. The fourth-order valence-corrected chi connectivity index (χ4v) is 16.9. The van der Waals surface area contributed by atoms with E-state index >= 15 is 0 Å². The molecule has 0 atom stereocenters. The second-order valence-electron chi connectivity index (χ2n) is 12.8. The molecule has 4 aliphatic rings. The van der Waals surface area contributed by atoms with Crippen LogP contribution in [0, 0.1) is 12.3 Å². The third-order valence-corrected chi connectivity index (χ3v) is 19.1. The average molecular weight is 518 g/mol. The normalized spacial score (nSPS) is 24.5. The van der Waals surface area contributed by atoms with Crippen LogP contribution < -0.4 is 0 Å². The van der Waals surface area contributed by atoms with Crippen LogP contribution >= 0.6 is 14.3 Å². The van der Waals surface area contributed by atoms with Crippen LogP contribution in [-0.4, -0.2) is 37.8 Å². The second kappa shape index (κ2) is 12.9. The highest BCUT2D eigenvalue weighted by Crippen LogP contribution is 2.74. The molecule has 4 aliphatic carbocycles. The maximum Gasteiger partial charge on any atom is 0.0161 e. The minimum atomic E-state index is -1.67. The molecule has 4 saturated carbocycles. The number of hydrogen-bond donors (Lipinski definition) is 0. The first-order chi connectivity index (χ1) is 17.6. The summed E-state index contributed by atoms with van der Waals surface area (Å²) in [7, 11) is 12.1. The Balaban J connectivity index is 1.43. The summed E-state index contributed by atoms with van der Waals surface area (Å²) in [6.07, 6.45) is 33.0. The van der Waals surface area contributed by atoms with Crippen molar-refractivity contribution in [3.05, 3.63) is 47.7 Å². The van der Waals surface area contributed by atoms with E-state index in [0.29, 0.717) is 0 Å². The van der Waals surface area contributed by atoms with Crippen LogP contribution in [0.15, 0.2) is 24.3 Å². The van der Waals surface area contributed by atoms with E-state index in [1.54, 1.807) is 0 Å². The van der Waals surface area contributed by atoms with Gasteiger partial charge in [-0.25, -0.2) is 12.1 Å². The Kier molecular flexibility index (Phi) is 9.84. The second-order valence-corrected chi connectivity index (χ2v) is 19.9. The van der Waals surface area contributed by atoms with Gasteiger partial charge in [-0.05, 0) is 103 Å². The van der Waals surface area contributed by atoms with Gasteiger partial charge in [0.25, 0.3) is 0 Å². The third kappa shape index (κ3) is 6.22. The maximum atomic E-state index is 7.72. The lowest BCUT2D eigenvalue weighted by molar-refractivity contribution is 0.484. The predicted octanol–water partition coefficient (Wildman–Crippen LogP) is 10.2. The SMILES string of the molecule is [B-][P+]([CH-]c1ccccc1[CH-][P+]([B-])(C1CCCCC1)C1CCCCC1)(C1CCCCC1)C1CCCCC1. The number of benzene rings is 1. The van der Waals surface area contributed by atoms with Crippen LogP contribution in [0.4, 0.5) is 0 Å². The van der Waals surface area contributed by atoms with Crippen LogP contribution in [-0.2, 0) is 0 Å². The zero-order valence-electron chi connectivity index (χ0n) is 23.0. The average Bonchev–Trinajstić information content (AvgIpc) is 2.96. The highest BCUT2D eigenvalue weighted by atomic mass is 31.2. The molecule has 0 unspecified atom stereocenters. The highest BCUT2D eigenvalue weighted by molar-refractivity contribution is 8.00. The molecule has 36 heavy (non-hydrogen) atoms. The molecule has 1 aromatic rings. The van der Waals surface area contributed by atoms with E-state index < -0.39 is 14.3 Å². The largest absolute Gasteiger partial charge is 0.316 e. The lowest BCUT2D eigenvalue weighted by atomic mass is 9.99. The minimum Gasteiger partial charge on any atom is -0.316 e. The quantitative estimate of drug-likeness (QED) is 0.183. The zero-order valence-corrected chi connectivity index (χ0v) is 24.8. The van der Waals surface area contributed by atoms with Crippen molar-refractivity contribution < 1.29 is 0 Å². The van der Waals surface area contributed by atoms with Gasteiger partial charge in [0.2, 0.25) is 0 Å². The molecule has 0 heterocycles. The highest BCUT2D eigenvalue weighted by Gasteiger charge is 2.37. The first-order valence-corrected chi connectivity index (χ1v) is 19.9. The van der Waals surface area contributed by atoms with Crippen molar-refractivity contribution in [3.8, 4) is 0 Å². The number of hydrogen-bond acceptors (Lipinski definition) is 0. The Morgan fingerprint density at radius 1 is 0.444 bits per heavy atom. The predicted molar refractivity (Wildman–Crippen MR) is 166 cm³/mol. The van der Waals surface area contributed by atoms with Crippen molar-refractivity contribution >= 4 is 29.4 Å². The summed E-state index contributed by atoms with van der Waals surface area (Å²) in [6, 6.07) is 9.30. The lowest BCUT2D eigenvalue weighted by Crippen LogP contribution is -2.29. The Morgan fingerprint density at radius 2 is 0.694 bits per heavy atom. The molecular weight excluding hydrogens is 468 g/mol. The van der Waals surface area contributed by atoms with Gasteiger partial charge in [-0.3, -0.25) is 25.4 Å². The summed E-state index contributed by atoms with van der Waals surface area (Å²) in [6.45, 7) is 0. The summed E-state index contributed by atoms with van der Waals surface area (Å²) in [5.74, 6) is 0. The van der Waals surface area contributed by atoms with E-state index in [1.165, 1.54) is 140 Å². The molecular formula is C32H50B2P2-2. The zero-order chi connectivity index (χ0) is 24.8. The van der Waals surface area contributed by atoms with Crippen molar-refractivity contribution in [2.75, 3.05) is 0 Å². The van der Waals surface area contributed by atoms with Crippen molar-refractivity contribution in [2.45, 2.75) is 151 Å². The summed E-state index contributed by atoms with van der Waals surface area (Å²) in [4.78, 5) is 0. The van der Waals surface area contributed by atoms with Crippen LogP contribution in [0.5, 0.6) is 0 Å². The molecule has 0 bridgehead atoms. The standard InChI is InChI=1S/C32H50B2P2/c33-35(29-17-5-1-6-18-29,30-19-7-2-8-20-30)25-27-15-13-14-16-28(27)26-36(34,31-21-9-3-10-22-31)32-23-11-4-12-24-32/h13-16,25-26,29-32H,1-12,17-24H2/q-2. The van der Waals surface area contributed by atoms with Gasteiger partial charge in [0.1, 0.15) is 0 Å². The summed E-state index contributed by atoms with van der Waals surface area (Å²) in [5.41, 5.74) is 5.86. The summed E-state index contributed by atoms with van der Waals surface area (Å²) >= 11 is 0. The molecule has 1 aromatic carbocycles. The lowest BCUT2D eigenvalue weighted by Gasteiger charge is -2.59. The Hall–Kier alpha value is -0.0501. The molecule has 5 rings (SSSR count). The fraction of sp³-hybridized carbons (Fsp3) is 0.750. The molecule has 0 aliphatic heterocycles. The third-order valence-electron chi connectivity index (χ3n) is 10.5. The first-order valence-electron chi connectivity index (χ1n) is 15.7. The van der Waals surface area contributed by atoms with E-state index in [-0.39, 0.29) is 0 Å². The van der Waals surface area contributed by atoms with E-state index in [0.717, 1.165) is 22.6 Å². The summed E-state index contributed by atoms with van der Waals surface area (Å²) in [5, 5.41) is 0. The molecule has 0 spiro atoms. The monoisotopic (exact) mass is 518 g/mol. The van der Waals surface area contributed by atoms with Gasteiger partial charge in [0.05, 0.1) is 0 Å². The van der Waals surface area contributed by atoms with Gasteiger partial charge in [0.15, 0.2) is 0 Å².